The monoisotopic (exact) mass is 557 g/mol. The maximum atomic E-state index is 12.8. The van der Waals surface area contributed by atoms with Crippen molar-refractivity contribution in [3.05, 3.63) is 21.9 Å². The van der Waals surface area contributed by atoms with Gasteiger partial charge in [-0.15, -0.1) is 11.3 Å². The molecule has 218 valence electrons. The highest BCUT2D eigenvalue weighted by Gasteiger charge is 2.64. The molecule has 2 N–H and O–H groups in total. The van der Waals surface area contributed by atoms with Gasteiger partial charge in [0.1, 0.15) is 0 Å². The van der Waals surface area contributed by atoms with Crippen molar-refractivity contribution < 1.29 is 19.7 Å². The molecule has 1 aromatic heterocycles. The minimum Gasteiger partial charge on any atom is -0.449 e. The van der Waals surface area contributed by atoms with E-state index in [1.165, 1.54) is 36.1 Å². The van der Waals surface area contributed by atoms with E-state index in [4.69, 9.17) is 4.74 Å². The van der Waals surface area contributed by atoms with E-state index in [0.29, 0.717) is 54.6 Å². The van der Waals surface area contributed by atoms with Crippen molar-refractivity contribution >= 4 is 17.4 Å². The van der Waals surface area contributed by atoms with Crippen LogP contribution in [-0.4, -0.2) is 46.6 Å². The van der Waals surface area contributed by atoms with Gasteiger partial charge in [0.2, 0.25) is 0 Å². The minimum absolute atomic E-state index is 0.161. The molecule has 6 rings (SSSR count). The lowest BCUT2D eigenvalue weighted by Crippen LogP contribution is -2.62. The van der Waals surface area contributed by atoms with E-state index in [0.717, 1.165) is 45.1 Å². The van der Waals surface area contributed by atoms with Gasteiger partial charge in [0.05, 0.1) is 25.4 Å². The molecule has 0 radical (unpaired) electrons. The van der Waals surface area contributed by atoms with Gasteiger partial charge in [0, 0.05) is 11.4 Å². The van der Waals surface area contributed by atoms with Gasteiger partial charge < -0.3 is 19.8 Å². The average molecular weight is 558 g/mol. The molecule has 4 fully saturated rings. The summed E-state index contributed by atoms with van der Waals surface area (Å²) in [6, 6.07) is 2.14. The quantitative estimate of drug-likeness (QED) is 0.413. The van der Waals surface area contributed by atoms with Crippen molar-refractivity contribution in [3.63, 3.8) is 0 Å². The van der Waals surface area contributed by atoms with E-state index in [1.807, 2.05) is 4.90 Å². The van der Waals surface area contributed by atoms with Crippen LogP contribution in [0.4, 0.5) is 4.79 Å². The first kappa shape index (κ1) is 28.0. The largest absolute Gasteiger partial charge is 0.449 e. The molecule has 5 nitrogen and oxygen atoms in total. The number of nitrogens with zero attached hydrogens (tertiary/aromatic N) is 1. The summed E-state index contributed by atoms with van der Waals surface area (Å²) in [5, 5.41) is 24.6. The first-order valence-electron chi connectivity index (χ1n) is 16.0. The minimum atomic E-state index is -0.240. The molecule has 0 bridgehead atoms. The lowest BCUT2D eigenvalue weighted by molar-refractivity contribution is -0.203. The molecule has 39 heavy (non-hydrogen) atoms. The number of hydrogen-bond acceptors (Lipinski definition) is 5. The number of ether oxygens (including phenoxy) is 1. The van der Waals surface area contributed by atoms with Gasteiger partial charge in [-0.1, -0.05) is 34.1 Å². The Hall–Kier alpha value is -1.11. The molecule has 1 aliphatic heterocycles. The zero-order chi connectivity index (χ0) is 27.5. The molecule has 0 aromatic carbocycles. The Balaban J connectivity index is 1.10. The number of carbonyl (C=O) groups excluding carboxylic acids is 1. The number of carbonyl (C=O) groups is 1. The second-order valence-electron chi connectivity index (χ2n) is 14.5. The third-order valence-electron chi connectivity index (χ3n) is 13.0. The lowest BCUT2D eigenvalue weighted by atomic mass is 9.41. The molecular formula is C33H51NO4S. The summed E-state index contributed by atoms with van der Waals surface area (Å²) in [6.07, 6.45) is 10.1. The maximum absolute atomic E-state index is 12.8. The summed E-state index contributed by atoms with van der Waals surface area (Å²) in [6.45, 7) is 11.6. The molecule has 5 aliphatic rings. The molecule has 1 aromatic rings. The van der Waals surface area contributed by atoms with E-state index in [1.54, 1.807) is 11.3 Å². The summed E-state index contributed by atoms with van der Waals surface area (Å²) in [7, 11) is 0. The zero-order valence-electron chi connectivity index (χ0n) is 24.6. The van der Waals surface area contributed by atoms with Gasteiger partial charge in [0.25, 0.3) is 0 Å². The van der Waals surface area contributed by atoms with Crippen LogP contribution in [-0.2, 0) is 17.7 Å². The molecular weight excluding hydrogens is 506 g/mol. The van der Waals surface area contributed by atoms with Crippen molar-refractivity contribution in [3.8, 4) is 0 Å². The smallest absolute Gasteiger partial charge is 0.410 e. The number of rotatable bonds is 5. The summed E-state index contributed by atoms with van der Waals surface area (Å²) in [5.41, 5.74) is 1.78. The highest BCUT2D eigenvalue weighted by molar-refractivity contribution is 7.10. The number of aliphatic hydroxyl groups excluding tert-OH is 2. The molecule has 11 atom stereocenters. The molecule has 4 saturated carbocycles. The van der Waals surface area contributed by atoms with E-state index in [2.05, 4.69) is 39.1 Å². The summed E-state index contributed by atoms with van der Waals surface area (Å²) in [4.78, 5) is 16.1. The fourth-order valence-electron chi connectivity index (χ4n) is 11.0. The molecule has 0 saturated heterocycles. The van der Waals surface area contributed by atoms with Crippen LogP contribution in [0.25, 0.3) is 0 Å². The van der Waals surface area contributed by atoms with Crippen LogP contribution in [0.2, 0.25) is 0 Å². The Labute approximate surface area is 239 Å². The summed E-state index contributed by atoms with van der Waals surface area (Å²) >= 11 is 1.79. The normalized spacial score (nSPS) is 44.1. The predicted molar refractivity (Wildman–Crippen MR) is 155 cm³/mol. The number of fused-ring (bicyclic) bond motifs is 6. The van der Waals surface area contributed by atoms with E-state index < -0.39 is 0 Å². The lowest BCUT2D eigenvalue weighted by Gasteiger charge is -2.64. The Bertz CT molecular complexity index is 1040. The number of hydrogen-bond donors (Lipinski definition) is 2. The van der Waals surface area contributed by atoms with Crippen LogP contribution >= 0.6 is 11.3 Å². The van der Waals surface area contributed by atoms with Crippen molar-refractivity contribution in [2.24, 2.45) is 52.3 Å². The third-order valence-corrected chi connectivity index (χ3v) is 14.0. The maximum Gasteiger partial charge on any atom is 0.410 e. The SMILES string of the molecule is CC[C@H]1[C@@H](O)C2[C@H](CC[C@]3(C)[C@@H]([C@H](C)CCOC(=O)N4CCc5sccc5C4)CC[C@@H]23)C2(C)CC[C@@H](O)C[C@@H]12. The molecule has 4 aliphatic carbocycles. The zero-order valence-corrected chi connectivity index (χ0v) is 25.4. The van der Waals surface area contributed by atoms with Crippen molar-refractivity contribution in [1.82, 2.24) is 4.90 Å². The van der Waals surface area contributed by atoms with Crippen LogP contribution in [0.5, 0.6) is 0 Å². The third kappa shape index (κ3) is 4.59. The summed E-state index contributed by atoms with van der Waals surface area (Å²) < 4.78 is 5.81. The van der Waals surface area contributed by atoms with Crippen LogP contribution < -0.4 is 0 Å². The van der Waals surface area contributed by atoms with E-state index in [-0.39, 0.29) is 29.1 Å². The van der Waals surface area contributed by atoms with E-state index >= 15 is 0 Å². The number of amides is 1. The molecule has 0 spiro atoms. The van der Waals surface area contributed by atoms with Crippen LogP contribution in [0.1, 0.15) is 95.9 Å². The highest BCUT2D eigenvalue weighted by Crippen LogP contribution is 2.69. The first-order chi connectivity index (χ1) is 18.7. The van der Waals surface area contributed by atoms with Crippen LogP contribution in [0.15, 0.2) is 11.4 Å². The van der Waals surface area contributed by atoms with Gasteiger partial charge in [0.15, 0.2) is 0 Å². The Morgan fingerprint density at radius 2 is 1.90 bits per heavy atom. The van der Waals surface area contributed by atoms with Gasteiger partial charge >= 0.3 is 6.09 Å². The highest BCUT2D eigenvalue weighted by atomic mass is 32.1. The van der Waals surface area contributed by atoms with Gasteiger partial charge in [-0.2, -0.15) is 0 Å². The Kier molecular flexibility index (Phi) is 7.63. The Morgan fingerprint density at radius 3 is 2.69 bits per heavy atom. The molecule has 1 amide bonds. The van der Waals surface area contributed by atoms with Crippen molar-refractivity contribution in [2.45, 2.75) is 111 Å². The fraction of sp³-hybridized carbons (Fsp3) is 0.848. The van der Waals surface area contributed by atoms with E-state index in [9.17, 15) is 15.0 Å². The van der Waals surface area contributed by atoms with Crippen molar-refractivity contribution in [2.75, 3.05) is 13.2 Å². The Morgan fingerprint density at radius 1 is 1.13 bits per heavy atom. The van der Waals surface area contributed by atoms with Gasteiger partial charge in [-0.25, -0.2) is 4.79 Å². The first-order valence-corrected chi connectivity index (χ1v) is 16.9. The molecule has 2 heterocycles. The van der Waals surface area contributed by atoms with Gasteiger partial charge in [-0.05, 0) is 127 Å². The second kappa shape index (κ2) is 10.6. The topological polar surface area (TPSA) is 70.0 Å². The second-order valence-corrected chi connectivity index (χ2v) is 15.5. The molecule has 2 unspecified atom stereocenters. The predicted octanol–water partition coefficient (Wildman–Crippen LogP) is 6.90. The molecule has 6 heteroatoms. The standard InChI is InChI=1S/C33H51NO4S/c1-5-23-27-18-22(35)8-13-33(27,4)26-9-14-32(3)24(6-7-25(32)29(26)30(23)36)20(2)11-16-38-31(37)34-15-10-28-21(19-34)12-17-39-28/h12,17,20,22-27,29-30,35-36H,5-11,13-16,18-19H2,1-4H3/t20-,22-,23-,24-,25+,26+,27+,29?,30-,32-,33?/m1/s1. The van der Waals surface area contributed by atoms with Crippen molar-refractivity contribution in [1.29, 1.82) is 0 Å². The van der Waals surface area contributed by atoms with Crippen LogP contribution in [0.3, 0.4) is 0 Å². The summed E-state index contributed by atoms with van der Waals surface area (Å²) in [5.74, 6) is 3.43. The fourth-order valence-corrected chi connectivity index (χ4v) is 11.9. The number of aliphatic hydroxyl groups is 2. The number of thiophene rings is 1. The van der Waals surface area contributed by atoms with Gasteiger partial charge in [-0.3, -0.25) is 0 Å². The average Bonchev–Trinajstić information content (AvgIpc) is 3.53. The van der Waals surface area contributed by atoms with Crippen LogP contribution in [0, 0.1) is 52.3 Å².